The number of rotatable bonds is 4. The third-order valence-electron chi connectivity index (χ3n) is 2.65. The summed E-state index contributed by atoms with van der Waals surface area (Å²) in [6, 6.07) is 15.9. The minimum atomic E-state index is 0.634. The minimum Gasteiger partial charge on any atom is -0.298 e. The molecule has 0 amide bonds. The summed E-state index contributed by atoms with van der Waals surface area (Å²) in [7, 11) is 0. The zero-order valence-corrected chi connectivity index (χ0v) is 13.3. The summed E-state index contributed by atoms with van der Waals surface area (Å²) in [5, 5.41) is 0. The van der Waals surface area contributed by atoms with E-state index in [1.54, 1.807) is 0 Å². The molecule has 1 nitrogen and oxygen atoms in total. The number of benzene rings is 2. The van der Waals surface area contributed by atoms with Gasteiger partial charge in [-0.15, -0.1) is 0 Å². The quantitative estimate of drug-likeness (QED) is 0.537. The topological polar surface area (TPSA) is 17.1 Å². The van der Waals surface area contributed by atoms with E-state index < -0.39 is 0 Å². The average Bonchev–Trinajstić information content (AvgIpc) is 2.38. The third-order valence-corrected chi connectivity index (χ3v) is 3.64. The SMILES string of the molecule is O=C/C(=C/c1cccc(Br)c1)Cc1cccc(Br)c1. The van der Waals surface area contributed by atoms with Crippen molar-refractivity contribution in [2.75, 3.05) is 0 Å². The lowest BCUT2D eigenvalue weighted by Gasteiger charge is -2.03. The Kier molecular flexibility index (Phi) is 5.11. The zero-order valence-electron chi connectivity index (χ0n) is 10.1. The number of hydrogen-bond donors (Lipinski definition) is 0. The van der Waals surface area contributed by atoms with Gasteiger partial charge in [0.15, 0.2) is 0 Å². The third kappa shape index (κ3) is 4.44. The maximum absolute atomic E-state index is 11.2. The van der Waals surface area contributed by atoms with E-state index in [1.807, 2.05) is 54.6 Å². The number of carbonyl (C=O) groups is 1. The van der Waals surface area contributed by atoms with Gasteiger partial charge in [-0.05, 0) is 47.0 Å². The van der Waals surface area contributed by atoms with Crippen molar-refractivity contribution in [2.24, 2.45) is 0 Å². The summed E-state index contributed by atoms with van der Waals surface area (Å²) in [6.45, 7) is 0. The fourth-order valence-corrected chi connectivity index (χ4v) is 2.68. The van der Waals surface area contributed by atoms with Crippen LogP contribution < -0.4 is 0 Å². The van der Waals surface area contributed by atoms with Crippen molar-refractivity contribution in [3.05, 3.63) is 74.2 Å². The van der Waals surface area contributed by atoms with E-state index in [-0.39, 0.29) is 0 Å². The van der Waals surface area contributed by atoms with Gasteiger partial charge in [0.25, 0.3) is 0 Å². The summed E-state index contributed by atoms with van der Waals surface area (Å²) >= 11 is 6.86. The molecule has 0 aliphatic heterocycles. The second-order valence-electron chi connectivity index (χ2n) is 4.20. The smallest absolute Gasteiger partial charge is 0.146 e. The van der Waals surface area contributed by atoms with Crippen molar-refractivity contribution in [2.45, 2.75) is 6.42 Å². The molecule has 2 aromatic rings. The summed E-state index contributed by atoms with van der Waals surface area (Å²) in [6.07, 6.45) is 3.47. The first-order chi connectivity index (χ1) is 9.17. The normalized spacial score (nSPS) is 11.4. The molecule has 0 fully saturated rings. The van der Waals surface area contributed by atoms with Gasteiger partial charge in [-0.1, -0.05) is 56.1 Å². The van der Waals surface area contributed by atoms with E-state index in [4.69, 9.17) is 0 Å². The Morgan fingerprint density at radius 3 is 2.32 bits per heavy atom. The second kappa shape index (κ2) is 6.83. The van der Waals surface area contributed by atoms with Crippen molar-refractivity contribution in [1.82, 2.24) is 0 Å². The molecule has 0 aliphatic carbocycles. The van der Waals surface area contributed by atoms with E-state index in [0.29, 0.717) is 6.42 Å². The molecule has 0 atom stereocenters. The predicted molar refractivity (Wildman–Crippen MR) is 86.0 cm³/mol. The van der Waals surface area contributed by atoms with Gasteiger partial charge in [0.2, 0.25) is 0 Å². The molecule has 0 radical (unpaired) electrons. The van der Waals surface area contributed by atoms with Crippen LogP contribution in [0.2, 0.25) is 0 Å². The van der Waals surface area contributed by atoms with Crippen LogP contribution in [0.1, 0.15) is 11.1 Å². The molecule has 0 saturated heterocycles. The van der Waals surface area contributed by atoms with Crippen molar-refractivity contribution in [1.29, 1.82) is 0 Å². The standard InChI is InChI=1S/C16H12Br2O/c17-15-5-1-3-12(9-15)7-14(11-19)8-13-4-2-6-16(18)10-13/h1-7,9-11H,8H2/b14-7+. The molecule has 0 heterocycles. The van der Waals surface area contributed by atoms with E-state index >= 15 is 0 Å². The van der Waals surface area contributed by atoms with Gasteiger partial charge in [0.1, 0.15) is 6.29 Å². The Hall–Kier alpha value is -1.19. The summed E-state index contributed by atoms with van der Waals surface area (Å²) < 4.78 is 2.03. The van der Waals surface area contributed by atoms with Crippen molar-refractivity contribution in [3.8, 4) is 0 Å². The first kappa shape index (κ1) is 14.2. The molecular weight excluding hydrogens is 368 g/mol. The lowest BCUT2D eigenvalue weighted by atomic mass is 10.0. The number of hydrogen-bond acceptors (Lipinski definition) is 1. The maximum atomic E-state index is 11.2. The lowest BCUT2D eigenvalue weighted by Crippen LogP contribution is -1.92. The Morgan fingerprint density at radius 1 is 1.00 bits per heavy atom. The number of halogens is 2. The largest absolute Gasteiger partial charge is 0.298 e. The molecule has 0 spiro atoms. The molecular formula is C16H12Br2O. The lowest BCUT2D eigenvalue weighted by molar-refractivity contribution is -0.104. The second-order valence-corrected chi connectivity index (χ2v) is 6.03. The Labute approximate surface area is 129 Å². The van der Waals surface area contributed by atoms with Crippen LogP contribution in [0.3, 0.4) is 0 Å². The highest BCUT2D eigenvalue weighted by Crippen LogP contribution is 2.17. The molecule has 0 N–H and O–H groups in total. The van der Waals surface area contributed by atoms with Gasteiger partial charge < -0.3 is 0 Å². The van der Waals surface area contributed by atoms with Gasteiger partial charge in [-0.2, -0.15) is 0 Å². The average molecular weight is 380 g/mol. The van der Waals surface area contributed by atoms with Gasteiger partial charge in [-0.25, -0.2) is 0 Å². The number of carbonyl (C=O) groups excluding carboxylic acids is 1. The van der Waals surface area contributed by atoms with Gasteiger partial charge in [-0.3, -0.25) is 4.79 Å². The predicted octanol–water partition coefficient (Wildman–Crippen LogP) is 5.04. The van der Waals surface area contributed by atoms with Crippen LogP contribution in [0.5, 0.6) is 0 Å². The van der Waals surface area contributed by atoms with Crippen LogP contribution in [0, 0.1) is 0 Å². The molecule has 19 heavy (non-hydrogen) atoms. The van der Waals surface area contributed by atoms with Crippen molar-refractivity contribution in [3.63, 3.8) is 0 Å². The van der Waals surface area contributed by atoms with E-state index in [1.165, 1.54) is 0 Å². The minimum absolute atomic E-state index is 0.634. The van der Waals surface area contributed by atoms with Crippen LogP contribution in [-0.2, 0) is 11.2 Å². The summed E-state index contributed by atoms with van der Waals surface area (Å²) in [5.74, 6) is 0. The molecule has 0 aliphatic rings. The van der Waals surface area contributed by atoms with Crippen molar-refractivity contribution < 1.29 is 4.79 Å². The van der Waals surface area contributed by atoms with Crippen LogP contribution >= 0.6 is 31.9 Å². The van der Waals surface area contributed by atoms with E-state index in [9.17, 15) is 4.79 Å². The Bertz CT molecular complexity index is 618. The molecule has 0 aromatic heterocycles. The van der Waals surface area contributed by atoms with Crippen molar-refractivity contribution >= 4 is 44.2 Å². The highest BCUT2D eigenvalue weighted by atomic mass is 79.9. The summed E-state index contributed by atoms with van der Waals surface area (Å²) in [4.78, 5) is 11.2. The molecule has 0 unspecified atom stereocenters. The summed E-state index contributed by atoms with van der Waals surface area (Å²) in [5.41, 5.74) is 2.89. The van der Waals surface area contributed by atoms with Crippen LogP contribution in [0.25, 0.3) is 6.08 Å². The van der Waals surface area contributed by atoms with Gasteiger partial charge in [0.05, 0.1) is 0 Å². The molecule has 0 saturated carbocycles. The maximum Gasteiger partial charge on any atom is 0.146 e. The fraction of sp³-hybridized carbons (Fsp3) is 0.0625. The molecule has 96 valence electrons. The van der Waals surface area contributed by atoms with Crippen LogP contribution in [0.15, 0.2) is 63.0 Å². The molecule has 0 bridgehead atoms. The molecule has 2 rings (SSSR count). The zero-order chi connectivity index (χ0) is 13.7. The highest BCUT2D eigenvalue weighted by molar-refractivity contribution is 9.10. The number of allylic oxidation sites excluding steroid dienone is 1. The van der Waals surface area contributed by atoms with Gasteiger partial charge in [0, 0.05) is 15.4 Å². The van der Waals surface area contributed by atoms with Gasteiger partial charge >= 0.3 is 0 Å². The van der Waals surface area contributed by atoms with Crippen LogP contribution in [0.4, 0.5) is 0 Å². The van der Waals surface area contributed by atoms with Crippen LogP contribution in [-0.4, -0.2) is 6.29 Å². The first-order valence-corrected chi connectivity index (χ1v) is 7.42. The van der Waals surface area contributed by atoms with E-state index in [0.717, 1.165) is 31.9 Å². The number of aldehydes is 1. The fourth-order valence-electron chi connectivity index (χ4n) is 1.82. The first-order valence-electron chi connectivity index (χ1n) is 5.83. The Morgan fingerprint density at radius 2 is 1.68 bits per heavy atom. The van der Waals surface area contributed by atoms with E-state index in [2.05, 4.69) is 31.9 Å². The monoisotopic (exact) mass is 378 g/mol. The molecule has 2 aromatic carbocycles. The highest BCUT2D eigenvalue weighted by Gasteiger charge is 2.00. The Balaban J connectivity index is 2.23. The molecule has 3 heteroatoms.